The third-order valence-corrected chi connectivity index (χ3v) is 3.53. The summed E-state index contributed by atoms with van der Waals surface area (Å²) in [4.78, 5) is 13.0. The summed E-state index contributed by atoms with van der Waals surface area (Å²) in [6.45, 7) is 3.29. The summed E-state index contributed by atoms with van der Waals surface area (Å²) in [5, 5.41) is 18.6. The molecule has 2 N–H and O–H groups in total. The van der Waals surface area contributed by atoms with E-state index in [1.54, 1.807) is 6.92 Å². The summed E-state index contributed by atoms with van der Waals surface area (Å²) < 4.78 is 0. The van der Waals surface area contributed by atoms with Gasteiger partial charge in [-0.15, -0.1) is 0 Å². The Bertz CT molecular complexity index is 416. The Balaban J connectivity index is 2.09. The van der Waals surface area contributed by atoms with E-state index in [9.17, 15) is 9.90 Å². The molecule has 98 valence electrons. The smallest absolute Gasteiger partial charge is 0.310 e. The van der Waals surface area contributed by atoms with E-state index in [4.69, 9.17) is 5.11 Å². The number of β-amino-alcohol motifs (C(OH)–C–C–N with tert-alkyl or cyclic N) is 1. The van der Waals surface area contributed by atoms with Gasteiger partial charge in [-0.1, -0.05) is 12.1 Å². The van der Waals surface area contributed by atoms with Crippen LogP contribution in [0.1, 0.15) is 31.2 Å². The Morgan fingerprint density at radius 2 is 2.06 bits per heavy atom. The molecule has 0 saturated carbocycles. The lowest BCUT2D eigenvalue weighted by Crippen LogP contribution is -2.38. The van der Waals surface area contributed by atoms with E-state index in [1.807, 2.05) is 24.3 Å². The minimum absolute atomic E-state index is 0.253. The van der Waals surface area contributed by atoms with Gasteiger partial charge in [0.2, 0.25) is 0 Å². The number of carbonyl (C=O) groups is 1. The van der Waals surface area contributed by atoms with Crippen LogP contribution in [0.4, 0.5) is 5.69 Å². The van der Waals surface area contributed by atoms with Gasteiger partial charge in [0, 0.05) is 18.8 Å². The molecule has 4 nitrogen and oxygen atoms in total. The van der Waals surface area contributed by atoms with Gasteiger partial charge in [0.05, 0.1) is 12.0 Å². The number of carboxylic acid groups (broad SMARTS) is 1. The second kappa shape index (κ2) is 5.40. The topological polar surface area (TPSA) is 60.8 Å². The summed E-state index contributed by atoms with van der Waals surface area (Å²) in [5.41, 5.74) is 1.86. The van der Waals surface area contributed by atoms with Crippen LogP contribution in [-0.4, -0.2) is 35.4 Å². The summed E-state index contributed by atoms with van der Waals surface area (Å²) in [5.74, 6) is -1.29. The fraction of sp³-hybridized carbons (Fsp3) is 0.500. The maximum Gasteiger partial charge on any atom is 0.310 e. The molecule has 18 heavy (non-hydrogen) atoms. The summed E-state index contributed by atoms with van der Waals surface area (Å²) in [7, 11) is 0. The van der Waals surface area contributed by atoms with Crippen LogP contribution in [-0.2, 0) is 4.79 Å². The zero-order valence-corrected chi connectivity index (χ0v) is 10.5. The highest BCUT2D eigenvalue weighted by molar-refractivity contribution is 5.75. The van der Waals surface area contributed by atoms with E-state index < -0.39 is 11.9 Å². The largest absolute Gasteiger partial charge is 0.481 e. The van der Waals surface area contributed by atoms with Crippen molar-refractivity contribution in [2.24, 2.45) is 0 Å². The molecular formula is C14H19NO3. The first-order chi connectivity index (χ1) is 8.58. The van der Waals surface area contributed by atoms with E-state index in [0.717, 1.165) is 30.6 Å². The van der Waals surface area contributed by atoms with Crippen LogP contribution in [0.15, 0.2) is 24.3 Å². The lowest BCUT2D eigenvalue weighted by atomic mass is 10.0. The first-order valence-electron chi connectivity index (χ1n) is 6.33. The minimum atomic E-state index is -0.809. The van der Waals surface area contributed by atoms with Crippen molar-refractivity contribution in [3.63, 3.8) is 0 Å². The normalized spacial score (nSPS) is 21.7. The molecule has 1 aliphatic rings. The van der Waals surface area contributed by atoms with Gasteiger partial charge in [-0.05, 0) is 37.5 Å². The zero-order chi connectivity index (χ0) is 13.1. The van der Waals surface area contributed by atoms with Crippen molar-refractivity contribution in [3.8, 4) is 0 Å². The van der Waals surface area contributed by atoms with Crippen molar-refractivity contribution in [3.05, 3.63) is 29.8 Å². The number of piperidine rings is 1. The van der Waals surface area contributed by atoms with Gasteiger partial charge in [-0.3, -0.25) is 4.79 Å². The lowest BCUT2D eigenvalue weighted by Gasteiger charge is -2.32. The number of hydrogen-bond donors (Lipinski definition) is 2. The Morgan fingerprint density at radius 1 is 1.39 bits per heavy atom. The van der Waals surface area contributed by atoms with E-state index in [0.29, 0.717) is 6.54 Å². The first-order valence-corrected chi connectivity index (χ1v) is 6.33. The van der Waals surface area contributed by atoms with Crippen molar-refractivity contribution in [1.29, 1.82) is 0 Å². The number of aliphatic hydroxyl groups excluding tert-OH is 1. The van der Waals surface area contributed by atoms with Gasteiger partial charge in [0.1, 0.15) is 0 Å². The number of aliphatic carboxylic acids is 1. The van der Waals surface area contributed by atoms with Crippen LogP contribution < -0.4 is 4.90 Å². The Morgan fingerprint density at radius 3 is 2.61 bits per heavy atom. The number of anilines is 1. The average molecular weight is 249 g/mol. The molecule has 1 aromatic carbocycles. The number of rotatable bonds is 3. The van der Waals surface area contributed by atoms with Gasteiger partial charge in [0.15, 0.2) is 0 Å². The first kappa shape index (κ1) is 12.9. The van der Waals surface area contributed by atoms with Crippen LogP contribution in [0.2, 0.25) is 0 Å². The van der Waals surface area contributed by atoms with Crippen LogP contribution in [0.5, 0.6) is 0 Å². The molecule has 0 spiro atoms. The molecule has 1 heterocycles. The van der Waals surface area contributed by atoms with Crippen molar-refractivity contribution in [1.82, 2.24) is 0 Å². The van der Waals surface area contributed by atoms with Gasteiger partial charge in [0.25, 0.3) is 0 Å². The molecule has 0 aliphatic carbocycles. The van der Waals surface area contributed by atoms with Crippen LogP contribution in [0.3, 0.4) is 0 Å². The maximum absolute atomic E-state index is 10.9. The van der Waals surface area contributed by atoms with Crippen LogP contribution in [0, 0.1) is 0 Å². The number of benzene rings is 1. The van der Waals surface area contributed by atoms with Gasteiger partial charge < -0.3 is 15.1 Å². The molecule has 4 heteroatoms. The molecule has 1 aromatic rings. The number of nitrogens with zero attached hydrogens (tertiary/aromatic N) is 1. The Kier molecular flexibility index (Phi) is 3.87. The molecular weight excluding hydrogens is 230 g/mol. The average Bonchev–Trinajstić information content (AvgIpc) is 2.38. The predicted molar refractivity (Wildman–Crippen MR) is 69.9 cm³/mol. The minimum Gasteiger partial charge on any atom is -0.481 e. The SMILES string of the molecule is CC(C(=O)O)c1ccc(N2CCCC(O)C2)cc1. The van der Waals surface area contributed by atoms with Gasteiger partial charge in [-0.2, -0.15) is 0 Å². The van der Waals surface area contributed by atoms with Crippen LogP contribution >= 0.6 is 0 Å². The summed E-state index contributed by atoms with van der Waals surface area (Å²) in [6.07, 6.45) is 1.61. The van der Waals surface area contributed by atoms with Crippen molar-refractivity contribution in [2.75, 3.05) is 18.0 Å². The fourth-order valence-corrected chi connectivity index (χ4v) is 2.31. The maximum atomic E-state index is 10.9. The molecule has 2 unspecified atom stereocenters. The third kappa shape index (κ3) is 2.82. The molecule has 0 amide bonds. The monoisotopic (exact) mass is 249 g/mol. The number of aliphatic hydroxyl groups is 1. The van der Waals surface area contributed by atoms with Gasteiger partial charge >= 0.3 is 5.97 Å². The van der Waals surface area contributed by atoms with Crippen LogP contribution in [0.25, 0.3) is 0 Å². The standard InChI is InChI=1S/C14H19NO3/c1-10(14(17)18)11-4-6-12(7-5-11)15-8-2-3-13(16)9-15/h4-7,10,13,16H,2-3,8-9H2,1H3,(H,17,18). The van der Waals surface area contributed by atoms with E-state index in [1.165, 1.54) is 0 Å². The summed E-state index contributed by atoms with van der Waals surface area (Å²) >= 11 is 0. The lowest BCUT2D eigenvalue weighted by molar-refractivity contribution is -0.138. The fourth-order valence-electron chi connectivity index (χ4n) is 2.31. The second-order valence-corrected chi connectivity index (χ2v) is 4.89. The highest BCUT2D eigenvalue weighted by Gasteiger charge is 2.18. The molecule has 0 aromatic heterocycles. The molecule has 1 fully saturated rings. The highest BCUT2D eigenvalue weighted by Crippen LogP contribution is 2.23. The molecule has 1 saturated heterocycles. The van der Waals surface area contributed by atoms with E-state index in [-0.39, 0.29) is 6.10 Å². The molecule has 0 bridgehead atoms. The Hall–Kier alpha value is -1.55. The second-order valence-electron chi connectivity index (χ2n) is 4.89. The predicted octanol–water partition coefficient (Wildman–Crippen LogP) is 1.84. The van der Waals surface area contributed by atoms with E-state index >= 15 is 0 Å². The Labute approximate surface area is 107 Å². The molecule has 2 atom stereocenters. The molecule has 0 radical (unpaired) electrons. The van der Waals surface area contributed by atoms with Gasteiger partial charge in [-0.25, -0.2) is 0 Å². The quantitative estimate of drug-likeness (QED) is 0.858. The number of carboxylic acids is 1. The van der Waals surface area contributed by atoms with E-state index in [2.05, 4.69) is 4.90 Å². The van der Waals surface area contributed by atoms with Crippen molar-refractivity contribution in [2.45, 2.75) is 31.8 Å². The molecule has 1 aliphatic heterocycles. The van der Waals surface area contributed by atoms with Crippen molar-refractivity contribution >= 4 is 11.7 Å². The molecule has 2 rings (SSSR count). The third-order valence-electron chi connectivity index (χ3n) is 3.53. The number of hydrogen-bond acceptors (Lipinski definition) is 3. The zero-order valence-electron chi connectivity index (χ0n) is 10.5. The highest BCUT2D eigenvalue weighted by atomic mass is 16.4. The van der Waals surface area contributed by atoms with Crippen molar-refractivity contribution < 1.29 is 15.0 Å². The summed E-state index contributed by atoms with van der Waals surface area (Å²) in [6, 6.07) is 7.59.